The highest BCUT2D eigenvalue weighted by Crippen LogP contribution is 2.39. The van der Waals surface area contributed by atoms with Gasteiger partial charge in [-0.15, -0.1) is 0 Å². The van der Waals surface area contributed by atoms with Crippen LogP contribution < -0.4 is 4.74 Å². The summed E-state index contributed by atoms with van der Waals surface area (Å²) < 4.78 is 8.61. The van der Waals surface area contributed by atoms with Crippen molar-refractivity contribution >= 4 is 50.0 Å². The first-order chi connectivity index (χ1) is 25.2. The van der Waals surface area contributed by atoms with Gasteiger partial charge in [0.15, 0.2) is 5.78 Å². The van der Waals surface area contributed by atoms with Crippen molar-refractivity contribution in [1.29, 1.82) is 0 Å². The van der Waals surface area contributed by atoms with E-state index in [9.17, 15) is 9.59 Å². The maximum atomic E-state index is 14.7. The van der Waals surface area contributed by atoms with Gasteiger partial charge < -0.3 is 14.1 Å². The number of hydrogen-bond acceptors (Lipinski definition) is 5. The van der Waals surface area contributed by atoms with Gasteiger partial charge in [-0.1, -0.05) is 105 Å². The van der Waals surface area contributed by atoms with Crippen molar-refractivity contribution in [2.24, 2.45) is 11.1 Å². The molecule has 0 spiro atoms. The topological polar surface area (TPSA) is 69.9 Å². The molecule has 6 heteroatoms. The molecule has 0 aliphatic carbocycles. The molecule has 0 aliphatic heterocycles. The number of fused-ring (bicyclic) bond motifs is 5. The molecular weight excluding hydrogens is 645 g/mol. The van der Waals surface area contributed by atoms with Crippen molar-refractivity contribution in [2.45, 2.75) is 87.1 Å². The number of unbranched alkanes of at least 4 members (excludes halogenated alkanes) is 1. The number of para-hydroxylation sites is 1. The van der Waals surface area contributed by atoms with E-state index in [0.717, 1.165) is 98.2 Å². The molecule has 0 bridgehead atoms. The number of benzene rings is 5. The molecule has 268 valence electrons. The number of oxime groups is 1. The molecule has 0 N–H and O–H groups in total. The minimum absolute atomic E-state index is 0.0265. The minimum atomic E-state index is -0.504. The Morgan fingerprint density at radius 3 is 2.17 bits per heavy atom. The van der Waals surface area contributed by atoms with Crippen LogP contribution in [0.25, 0.3) is 32.6 Å². The lowest BCUT2D eigenvalue weighted by Crippen LogP contribution is -2.11. The summed E-state index contributed by atoms with van der Waals surface area (Å²) in [6.45, 7) is 15.5. The van der Waals surface area contributed by atoms with Gasteiger partial charge in [0, 0.05) is 57.4 Å². The first-order valence-corrected chi connectivity index (χ1v) is 18.7. The zero-order valence-electron chi connectivity index (χ0n) is 31.6. The number of carbonyl (C=O) groups excluding carboxylic acids is 2. The number of rotatable bonds is 14. The summed E-state index contributed by atoms with van der Waals surface area (Å²) in [7, 11) is 0. The predicted molar refractivity (Wildman–Crippen MR) is 214 cm³/mol. The van der Waals surface area contributed by atoms with Crippen molar-refractivity contribution < 1.29 is 19.2 Å². The largest absolute Gasteiger partial charge is 0.493 e. The molecule has 6 aromatic rings. The van der Waals surface area contributed by atoms with Crippen LogP contribution >= 0.6 is 0 Å². The molecule has 0 radical (unpaired) electrons. The fourth-order valence-electron chi connectivity index (χ4n) is 7.70. The lowest BCUT2D eigenvalue weighted by atomic mass is 9.89. The quantitative estimate of drug-likeness (QED) is 0.0492. The smallest absolute Gasteiger partial charge is 0.332 e. The van der Waals surface area contributed by atoms with Gasteiger partial charge in [-0.3, -0.25) is 4.79 Å². The third-order valence-electron chi connectivity index (χ3n) is 10.1. The maximum absolute atomic E-state index is 14.7. The van der Waals surface area contributed by atoms with E-state index < -0.39 is 5.97 Å². The SMILES string of the molecule is CCCCC(CC)Cn1c2ccc(/C(=N\OC(C)=O)c3ccccc3OCCC)cc2c2cc(C(=O)c3c(C)cc(C)cc3C)c3ccccc3c21. The summed E-state index contributed by atoms with van der Waals surface area (Å²) in [6, 6.07) is 28.7. The Kier molecular flexibility index (Phi) is 11.2. The number of ether oxygens (including phenoxy) is 1. The highest BCUT2D eigenvalue weighted by molar-refractivity contribution is 6.27. The molecule has 6 nitrogen and oxygen atoms in total. The number of aryl methyl sites for hydroxylation is 3. The highest BCUT2D eigenvalue weighted by Gasteiger charge is 2.24. The van der Waals surface area contributed by atoms with E-state index in [1.54, 1.807) is 0 Å². The van der Waals surface area contributed by atoms with Crippen molar-refractivity contribution in [2.75, 3.05) is 6.61 Å². The standard InChI is InChI=1S/C46H50N2O4/c1-8-11-16-33(10-3)28-48-41-22-21-34(44(47-52-32(7)49)37-19-14-15-20-42(37)51-23-9-2)26-38(41)39-27-40(35-17-12-13-18-36(35)45(39)48)46(50)43-30(5)24-29(4)25-31(43)6/h12-15,17-22,24-27,33H,8-11,16,23,28H2,1-7H3/b47-44+. The van der Waals surface area contributed by atoms with Gasteiger partial charge in [0.05, 0.1) is 12.1 Å². The summed E-state index contributed by atoms with van der Waals surface area (Å²) in [4.78, 5) is 32.1. The van der Waals surface area contributed by atoms with Gasteiger partial charge in [-0.25, -0.2) is 4.79 Å². The van der Waals surface area contributed by atoms with Gasteiger partial charge in [0.1, 0.15) is 11.5 Å². The minimum Gasteiger partial charge on any atom is -0.493 e. The third kappa shape index (κ3) is 7.25. The van der Waals surface area contributed by atoms with Gasteiger partial charge >= 0.3 is 5.97 Å². The molecule has 0 amide bonds. The maximum Gasteiger partial charge on any atom is 0.332 e. The Hall–Kier alpha value is -5.23. The normalized spacial score (nSPS) is 12.5. The monoisotopic (exact) mass is 694 g/mol. The van der Waals surface area contributed by atoms with E-state index >= 15 is 0 Å². The fraction of sp³-hybridized carbons (Fsp3) is 0.326. The summed E-state index contributed by atoms with van der Waals surface area (Å²) in [5.74, 6) is 0.692. The number of ketones is 1. The molecule has 0 aliphatic rings. The van der Waals surface area contributed by atoms with Crippen molar-refractivity contribution in [3.8, 4) is 5.75 Å². The predicted octanol–water partition coefficient (Wildman–Crippen LogP) is 11.4. The van der Waals surface area contributed by atoms with E-state index in [1.165, 1.54) is 13.3 Å². The van der Waals surface area contributed by atoms with Crippen LogP contribution in [-0.2, 0) is 16.2 Å². The Balaban J connectivity index is 1.67. The van der Waals surface area contributed by atoms with Crippen LogP contribution in [0.3, 0.4) is 0 Å². The van der Waals surface area contributed by atoms with Crippen LogP contribution in [0.1, 0.15) is 104 Å². The molecular formula is C46H50N2O4. The van der Waals surface area contributed by atoms with E-state index in [4.69, 9.17) is 9.57 Å². The Morgan fingerprint density at radius 1 is 0.769 bits per heavy atom. The van der Waals surface area contributed by atoms with Crippen molar-refractivity contribution in [3.05, 3.63) is 124 Å². The van der Waals surface area contributed by atoms with Crippen LogP contribution in [0.5, 0.6) is 5.75 Å². The molecule has 5 aromatic carbocycles. The lowest BCUT2D eigenvalue weighted by Gasteiger charge is -2.19. The van der Waals surface area contributed by atoms with Crippen LogP contribution in [0.2, 0.25) is 0 Å². The molecule has 1 aromatic heterocycles. The molecule has 1 atom stereocenters. The summed E-state index contributed by atoms with van der Waals surface area (Å²) >= 11 is 0. The van der Waals surface area contributed by atoms with Crippen LogP contribution in [0, 0.1) is 26.7 Å². The number of nitrogens with zero attached hydrogens (tertiary/aromatic N) is 2. The molecule has 0 saturated carbocycles. The summed E-state index contributed by atoms with van der Waals surface area (Å²) in [5.41, 5.74) is 8.78. The molecule has 0 fully saturated rings. The summed E-state index contributed by atoms with van der Waals surface area (Å²) in [6.07, 6.45) is 5.43. The Morgan fingerprint density at radius 2 is 1.48 bits per heavy atom. The molecule has 1 unspecified atom stereocenters. The van der Waals surface area contributed by atoms with Crippen LogP contribution in [-0.4, -0.2) is 28.6 Å². The molecule has 1 heterocycles. The van der Waals surface area contributed by atoms with Gasteiger partial charge in [-0.2, -0.15) is 0 Å². The van der Waals surface area contributed by atoms with Gasteiger partial charge in [-0.05, 0) is 86.4 Å². The second-order valence-electron chi connectivity index (χ2n) is 14.1. The fourth-order valence-corrected chi connectivity index (χ4v) is 7.70. The first kappa shape index (κ1) is 36.6. The average molecular weight is 695 g/mol. The van der Waals surface area contributed by atoms with E-state index in [1.807, 2.05) is 44.2 Å². The zero-order chi connectivity index (χ0) is 36.9. The second-order valence-corrected chi connectivity index (χ2v) is 14.1. The zero-order valence-corrected chi connectivity index (χ0v) is 31.6. The third-order valence-corrected chi connectivity index (χ3v) is 10.1. The highest BCUT2D eigenvalue weighted by atomic mass is 16.7. The van der Waals surface area contributed by atoms with Gasteiger partial charge in [0.2, 0.25) is 0 Å². The van der Waals surface area contributed by atoms with Crippen LogP contribution in [0.4, 0.5) is 0 Å². The van der Waals surface area contributed by atoms with Crippen LogP contribution in [0.15, 0.2) is 90.1 Å². The van der Waals surface area contributed by atoms with Crippen molar-refractivity contribution in [1.82, 2.24) is 4.57 Å². The van der Waals surface area contributed by atoms with E-state index in [-0.39, 0.29) is 5.78 Å². The molecule has 0 saturated heterocycles. The molecule has 6 rings (SSSR count). The Bertz CT molecular complexity index is 2290. The Labute approximate surface area is 307 Å². The van der Waals surface area contributed by atoms with Crippen molar-refractivity contribution in [3.63, 3.8) is 0 Å². The number of aromatic nitrogens is 1. The van der Waals surface area contributed by atoms with E-state index in [2.05, 4.69) is 92.0 Å². The van der Waals surface area contributed by atoms with Gasteiger partial charge in [0.25, 0.3) is 0 Å². The van der Waals surface area contributed by atoms with E-state index in [0.29, 0.717) is 29.5 Å². The number of carbonyl (C=O) groups is 2. The molecule has 52 heavy (non-hydrogen) atoms. The average Bonchev–Trinajstić information content (AvgIpc) is 3.44. The lowest BCUT2D eigenvalue weighted by molar-refractivity contribution is -0.140. The first-order valence-electron chi connectivity index (χ1n) is 18.7. The summed E-state index contributed by atoms with van der Waals surface area (Å²) in [5, 5.41) is 8.43. The number of hydrogen-bond donors (Lipinski definition) is 0. The second kappa shape index (κ2) is 16.0.